The molecule has 1 aliphatic carbocycles. The van der Waals surface area contributed by atoms with Crippen LogP contribution in [0.25, 0.3) is 27.8 Å². The highest BCUT2D eigenvalue weighted by Gasteiger charge is 2.25. The second-order valence-electron chi connectivity index (χ2n) is 8.25. The maximum Gasteiger partial charge on any atom is 0.150 e. The summed E-state index contributed by atoms with van der Waals surface area (Å²) in [6, 6.07) is 8.23. The van der Waals surface area contributed by atoms with Crippen molar-refractivity contribution in [1.82, 2.24) is 19.4 Å². The summed E-state index contributed by atoms with van der Waals surface area (Å²) in [5.41, 5.74) is 9.99. The number of hydrogen-bond donors (Lipinski definition) is 2. The number of nitrogens with two attached hydrogens (primary N) is 1. The topological polar surface area (TPSA) is 81.2 Å². The van der Waals surface area contributed by atoms with Crippen molar-refractivity contribution in [3.05, 3.63) is 42.5 Å². The van der Waals surface area contributed by atoms with Crippen LogP contribution >= 0.6 is 0 Å². The van der Waals surface area contributed by atoms with Crippen LogP contribution in [0.2, 0.25) is 0 Å². The zero-order valence-corrected chi connectivity index (χ0v) is 17.0. The van der Waals surface area contributed by atoms with Crippen LogP contribution in [0.4, 0.5) is 5.82 Å². The molecule has 0 unspecified atom stereocenters. The van der Waals surface area contributed by atoms with Crippen molar-refractivity contribution in [2.45, 2.75) is 58.0 Å². The van der Waals surface area contributed by atoms with Crippen LogP contribution in [0, 0.1) is 0 Å². The first-order valence-electron chi connectivity index (χ1n) is 10.5. The standard InChI is InChI=1S/C23H27N5O/c1-14(2)29-18-10-6-9-16-13-17(26-19(16)18)20-21-22(24)25-11-12-28(21)23(27-20)15-7-4-3-5-8-15/h6,9-15,26H,3-5,7-8H2,1-2H3,(H2,24,25). The Morgan fingerprint density at radius 3 is 2.83 bits per heavy atom. The third-order valence-corrected chi connectivity index (χ3v) is 5.82. The minimum Gasteiger partial charge on any atom is -0.489 e. The second-order valence-corrected chi connectivity index (χ2v) is 8.25. The van der Waals surface area contributed by atoms with Crippen LogP contribution in [0.15, 0.2) is 36.7 Å². The molecule has 150 valence electrons. The number of aromatic amines is 1. The van der Waals surface area contributed by atoms with Crippen LogP contribution < -0.4 is 10.5 Å². The number of nitrogens with zero attached hydrogens (tertiary/aromatic N) is 3. The minimum atomic E-state index is 0.110. The van der Waals surface area contributed by atoms with E-state index in [9.17, 15) is 0 Å². The van der Waals surface area contributed by atoms with Crippen molar-refractivity contribution in [2.24, 2.45) is 0 Å². The summed E-state index contributed by atoms with van der Waals surface area (Å²) >= 11 is 0. The van der Waals surface area contributed by atoms with Crippen LogP contribution in [0.1, 0.15) is 57.7 Å². The van der Waals surface area contributed by atoms with Crippen molar-refractivity contribution in [3.63, 3.8) is 0 Å². The number of hydrogen-bond acceptors (Lipinski definition) is 4. The number of imidazole rings is 1. The number of nitrogens with one attached hydrogen (secondary N) is 1. The number of nitrogen functional groups attached to an aromatic ring is 1. The van der Waals surface area contributed by atoms with E-state index >= 15 is 0 Å². The predicted molar refractivity (Wildman–Crippen MR) is 116 cm³/mol. The van der Waals surface area contributed by atoms with E-state index < -0.39 is 0 Å². The fourth-order valence-corrected chi connectivity index (χ4v) is 4.53. The molecular formula is C23H27N5O. The lowest BCUT2D eigenvalue weighted by molar-refractivity contribution is 0.245. The number of ether oxygens (including phenoxy) is 1. The smallest absolute Gasteiger partial charge is 0.150 e. The summed E-state index contributed by atoms with van der Waals surface area (Å²) in [6.07, 6.45) is 10.1. The highest BCUT2D eigenvalue weighted by Crippen LogP contribution is 2.38. The summed E-state index contributed by atoms with van der Waals surface area (Å²) < 4.78 is 8.14. The first-order chi connectivity index (χ1) is 14.1. The Balaban J connectivity index is 1.69. The molecule has 0 saturated heterocycles. The molecule has 1 aromatic carbocycles. The van der Waals surface area contributed by atoms with E-state index in [0.29, 0.717) is 11.7 Å². The highest BCUT2D eigenvalue weighted by molar-refractivity contribution is 5.93. The molecule has 3 N–H and O–H groups in total. The summed E-state index contributed by atoms with van der Waals surface area (Å²) in [5.74, 6) is 2.93. The third kappa shape index (κ3) is 3.12. The van der Waals surface area contributed by atoms with E-state index in [0.717, 1.165) is 39.4 Å². The van der Waals surface area contributed by atoms with Gasteiger partial charge in [0.2, 0.25) is 0 Å². The number of benzene rings is 1. The molecule has 0 atom stereocenters. The maximum atomic E-state index is 6.32. The van der Waals surface area contributed by atoms with Crippen molar-refractivity contribution < 1.29 is 4.74 Å². The van der Waals surface area contributed by atoms with Crippen molar-refractivity contribution in [3.8, 4) is 17.1 Å². The Kier molecular flexibility index (Phi) is 4.42. The molecule has 0 spiro atoms. The molecule has 1 saturated carbocycles. The van der Waals surface area contributed by atoms with Crippen molar-refractivity contribution >= 4 is 22.2 Å². The molecule has 6 heteroatoms. The fourth-order valence-electron chi connectivity index (χ4n) is 4.53. The van der Waals surface area contributed by atoms with E-state index in [1.165, 1.54) is 32.1 Å². The van der Waals surface area contributed by atoms with Gasteiger partial charge in [-0.3, -0.25) is 4.40 Å². The fraction of sp³-hybridized carbons (Fsp3) is 0.391. The van der Waals surface area contributed by atoms with Gasteiger partial charge in [0.25, 0.3) is 0 Å². The first kappa shape index (κ1) is 18.0. The molecule has 1 fully saturated rings. The highest BCUT2D eigenvalue weighted by atomic mass is 16.5. The van der Waals surface area contributed by atoms with Gasteiger partial charge in [-0.2, -0.15) is 0 Å². The van der Waals surface area contributed by atoms with Gasteiger partial charge in [-0.1, -0.05) is 31.4 Å². The lowest BCUT2D eigenvalue weighted by Crippen LogP contribution is -2.09. The van der Waals surface area contributed by atoms with Gasteiger partial charge in [0.05, 0.1) is 17.3 Å². The van der Waals surface area contributed by atoms with Crippen LogP contribution in [0.3, 0.4) is 0 Å². The first-order valence-corrected chi connectivity index (χ1v) is 10.5. The average Bonchev–Trinajstić information content (AvgIpc) is 3.31. The van der Waals surface area contributed by atoms with Crippen LogP contribution in [-0.2, 0) is 0 Å². The Morgan fingerprint density at radius 2 is 2.03 bits per heavy atom. The van der Waals surface area contributed by atoms with Gasteiger partial charge in [-0.25, -0.2) is 9.97 Å². The van der Waals surface area contributed by atoms with Gasteiger partial charge in [0.15, 0.2) is 0 Å². The minimum absolute atomic E-state index is 0.110. The normalized spacial score (nSPS) is 15.6. The largest absolute Gasteiger partial charge is 0.489 e. The van der Waals surface area contributed by atoms with Gasteiger partial charge in [0, 0.05) is 23.7 Å². The Hall–Kier alpha value is -3.02. The van der Waals surface area contributed by atoms with Gasteiger partial charge in [-0.05, 0) is 38.8 Å². The number of H-pyrrole nitrogens is 1. The molecule has 6 nitrogen and oxygen atoms in total. The second kappa shape index (κ2) is 7.10. The molecule has 0 amide bonds. The van der Waals surface area contributed by atoms with Gasteiger partial charge in [0.1, 0.15) is 28.6 Å². The van der Waals surface area contributed by atoms with Gasteiger partial charge in [-0.15, -0.1) is 0 Å². The van der Waals surface area contributed by atoms with Crippen molar-refractivity contribution in [1.29, 1.82) is 0 Å². The molecule has 3 heterocycles. The Morgan fingerprint density at radius 1 is 1.21 bits per heavy atom. The maximum absolute atomic E-state index is 6.32. The van der Waals surface area contributed by atoms with Crippen LogP contribution in [0.5, 0.6) is 5.75 Å². The molecule has 0 aliphatic heterocycles. The lowest BCUT2D eigenvalue weighted by Gasteiger charge is -2.20. The molecule has 3 aromatic heterocycles. The monoisotopic (exact) mass is 389 g/mol. The van der Waals surface area contributed by atoms with E-state index in [4.69, 9.17) is 15.5 Å². The molecule has 4 aromatic rings. The number of para-hydroxylation sites is 1. The number of aromatic nitrogens is 4. The number of anilines is 1. The van der Waals surface area contributed by atoms with E-state index in [-0.39, 0.29) is 6.10 Å². The molecule has 1 aliphatic rings. The van der Waals surface area contributed by atoms with E-state index in [2.05, 4.69) is 26.5 Å². The average molecular weight is 390 g/mol. The lowest BCUT2D eigenvalue weighted by atomic mass is 9.89. The number of rotatable bonds is 4. The zero-order chi connectivity index (χ0) is 20.0. The van der Waals surface area contributed by atoms with Crippen LogP contribution in [-0.4, -0.2) is 25.5 Å². The third-order valence-electron chi connectivity index (χ3n) is 5.82. The summed E-state index contributed by atoms with van der Waals surface area (Å²) in [6.45, 7) is 4.07. The quantitative estimate of drug-likeness (QED) is 0.496. The molecule has 0 bridgehead atoms. The van der Waals surface area contributed by atoms with E-state index in [1.54, 1.807) is 6.20 Å². The van der Waals surface area contributed by atoms with Crippen molar-refractivity contribution in [2.75, 3.05) is 5.73 Å². The molecule has 5 rings (SSSR count). The molecular weight excluding hydrogens is 362 g/mol. The predicted octanol–water partition coefficient (Wildman–Crippen LogP) is 5.29. The molecule has 0 radical (unpaired) electrons. The summed E-state index contributed by atoms with van der Waals surface area (Å²) in [5, 5.41) is 1.10. The van der Waals surface area contributed by atoms with Gasteiger partial charge < -0.3 is 15.5 Å². The molecule has 29 heavy (non-hydrogen) atoms. The Labute approximate surface area is 170 Å². The summed E-state index contributed by atoms with van der Waals surface area (Å²) in [7, 11) is 0. The summed E-state index contributed by atoms with van der Waals surface area (Å²) in [4.78, 5) is 13.0. The SMILES string of the molecule is CC(C)Oc1cccc2cc(-c3nc(C4CCCCC4)n4ccnc(N)c34)[nH]c12. The Bertz CT molecular complexity index is 1170. The zero-order valence-electron chi connectivity index (χ0n) is 17.0. The van der Waals surface area contributed by atoms with E-state index in [1.807, 2.05) is 32.2 Å². The van der Waals surface area contributed by atoms with Gasteiger partial charge >= 0.3 is 0 Å². The number of fused-ring (bicyclic) bond motifs is 2.